The number of hydrogen-bond acceptors (Lipinski definition) is 4. The minimum Gasteiger partial charge on any atom is -0.321 e. The van der Waals surface area contributed by atoms with Crippen LogP contribution in [0.1, 0.15) is 16.1 Å². The van der Waals surface area contributed by atoms with Gasteiger partial charge in [0.1, 0.15) is 0 Å². The number of benzene rings is 2. The minimum absolute atomic E-state index is 0.167. The van der Waals surface area contributed by atoms with E-state index < -0.39 is 0 Å². The topological polar surface area (TPSA) is 42.0 Å². The molecule has 0 bridgehead atoms. The second-order valence-electron chi connectivity index (χ2n) is 4.70. The van der Waals surface area contributed by atoms with E-state index in [1.165, 1.54) is 0 Å². The lowest BCUT2D eigenvalue weighted by molar-refractivity contribution is 0.102. The summed E-state index contributed by atoms with van der Waals surface area (Å²) in [6.45, 7) is 0. The lowest BCUT2D eigenvalue weighted by atomic mass is 10.2. The molecule has 0 aliphatic heterocycles. The second-order valence-corrected chi connectivity index (χ2v) is 6.84. The standard InChI is InChI=1S/C17H13ClN2OS2/c18-14-6-2-3-7-15(14)20-17(21)13-5-1-4-8-16(13)23-10-12-9-22-11-19-12/h1-9,11H,10H2,(H,20,21). The van der Waals surface area contributed by atoms with E-state index in [9.17, 15) is 4.79 Å². The molecule has 1 heterocycles. The Morgan fingerprint density at radius 2 is 1.96 bits per heavy atom. The SMILES string of the molecule is O=C(Nc1ccccc1Cl)c1ccccc1SCc1cscn1. The highest BCUT2D eigenvalue weighted by molar-refractivity contribution is 7.98. The molecule has 0 saturated heterocycles. The molecule has 116 valence electrons. The first-order valence-corrected chi connectivity index (χ1v) is 9.19. The first-order valence-electron chi connectivity index (χ1n) is 6.89. The molecule has 2 aromatic carbocycles. The van der Waals surface area contributed by atoms with Gasteiger partial charge in [0, 0.05) is 16.0 Å². The number of rotatable bonds is 5. The van der Waals surface area contributed by atoms with Crippen LogP contribution in [0.25, 0.3) is 0 Å². The summed E-state index contributed by atoms with van der Waals surface area (Å²) in [5, 5.41) is 5.40. The summed E-state index contributed by atoms with van der Waals surface area (Å²) in [7, 11) is 0. The van der Waals surface area contributed by atoms with Gasteiger partial charge in [-0.25, -0.2) is 4.98 Å². The van der Waals surface area contributed by atoms with Gasteiger partial charge < -0.3 is 5.32 Å². The number of nitrogens with one attached hydrogen (secondary N) is 1. The third-order valence-electron chi connectivity index (χ3n) is 3.11. The summed E-state index contributed by atoms with van der Waals surface area (Å²) in [5.74, 6) is 0.569. The third kappa shape index (κ3) is 4.13. The Morgan fingerprint density at radius 3 is 2.74 bits per heavy atom. The van der Waals surface area contributed by atoms with E-state index in [2.05, 4.69) is 10.3 Å². The Bertz CT molecular complexity index is 806. The number of thiazole rings is 1. The van der Waals surface area contributed by atoms with Gasteiger partial charge in [0.15, 0.2) is 0 Å². The van der Waals surface area contributed by atoms with Gasteiger partial charge in [0.05, 0.1) is 27.5 Å². The smallest absolute Gasteiger partial charge is 0.256 e. The molecule has 0 saturated carbocycles. The van der Waals surface area contributed by atoms with Crippen LogP contribution in [0.2, 0.25) is 5.02 Å². The molecule has 0 aliphatic carbocycles. The molecule has 3 rings (SSSR count). The molecular formula is C17H13ClN2OS2. The lowest BCUT2D eigenvalue weighted by Crippen LogP contribution is -2.13. The van der Waals surface area contributed by atoms with Crippen molar-refractivity contribution in [1.29, 1.82) is 0 Å². The predicted octanol–water partition coefficient (Wildman–Crippen LogP) is 5.34. The number of carbonyl (C=O) groups is 1. The van der Waals surface area contributed by atoms with Gasteiger partial charge in [-0.3, -0.25) is 4.79 Å². The summed E-state index contributed by atoms with van der Waals surface area (Å²) in [6, 6.07) is 14.7. The van der Waals surface area contributed by atoms with Crippen LogP contribution in [-0.4, -0.2) is 10.9 Å². The fourth-order valence-electron chi connectivity index (χ4n) is 1.99. The van der Waals surface area contributed by atoms with Crippen molar-refractivity contribution in [1.82, 2.24) is 4.98 Å². The fourth-order valence-corrected chi connectivity index (χ4v) is 3.79. The Balaban J connectivity index is 1.76. The molecular weight excluding hydrogens is 348 g/mol. The average Bonchev–Trinajstić information content (AvgIpc) is 3.09. The molecule has 0 fully saturated rings. The zero-order chi connectivity index (χ0) is 16.1. The fraction of sp³-hybridized carbons (Fsp3) is 0.0588. The predicted molar refractivity (Wildman–Crippen MR) is 97.5 cm³/mol. The van der Waals surface area contributed by atoms with Crippen molar-refractivity contribution in [2.45, 2.75) is 10.6 Å². The van der Waals surface area contributed by atoms with Crippen LogP contribution in [0.5, 0.6) is 0 Å². The van der Waals surface area contributed by atoms with Crippen LogP contribution in [0.4, 0.5) is 5.69 Å². The van der Waals surface area contributed by atoms with E-state index in [1.807, 2.05) is 47.3 Å². The van der Waals surface area contributed by atoms with Gasteiger partial charge >= 0.3 is 0 Å². The van der Waals surface area contributed by atoms with Crippen LogP contribution < -0.4 is 5.32 Å². The molecule has 0 spiro atoms. The molecule has 1 N–H and O–H groups in total. The number of nitrogens with zero attached hydrogens (tertiary/aromatic N) is 1. The van der Waals surface area contributed by atoms with E-state index in [-0.39, 0.29) is 5.91 Å². The van der Waals surface area contributed by atoms with E-state index in [0.29, 0.717) is 16.3 Å². The molecule has 6 heteroatoms. The normalized spacial score (nSPS) is 10.5. The van der Waals surface area contributed by atoms with Crippen molar-refractivity contribution >= 4 is 46.3 Å². The summed E-state index contributed by atoms with van der Waals surface area (Å²) < 4.78 is 0. The van der Waals surface area contributed by atoms with Crippen molar-refractivity contribution < 1.29 is 4.79 Å². The highest BCUT2D eigenvalue weighted by Crippen LogP contribution is 2.28. The van der Waals surface area contributed by atoms with Gasteiger partial charge in [0.25, 0.3) is 5.91 Å². The van der Waals surface area contributed by atoms with Crippen LogP contribution in [0, 0.1) is 0 Å². The maximum Gasteiger partial charge on any atom is 0.256 e. The van der Waals surface area contributed by atoms with E-state index in [0.717, 1.165) is 16.3 Å². The van der Waals surface area contributed by atoms with Crippen molar-refractivity contribution in [3.05, 3.63) is 75.7 Å². The number of hydrogen-bond donors (Lipinski definition) is 1. The first-order chi connectivity index (χ1) is 11.2. The van der Waals surface area contributed by atoms with Crippen molar-refractivity contribution in [2.75, 3.05) is 5.32 Å². The van der Waals surface area contributed by atoms with E-state index in [1.54, 1.807) is 35.2 Å². The van der Waals surface area contributed by atoms with E-state index >= 15 is 0 Å². The summed E-state index contributed by atoms with van der Waals surface area (Å²) in [6.07, 6.45) is 0. The monoisotopic (exact) mass is 360 g/mol. The van der Waals surface area contributed by atoms with Crippen LogP contribution >= 0.6 is 34.7 Å². The van der Waals surface area contributed by atoms with Gasteiger partial charge in [-0.1, -0.05) is 35.9 Å². The lowest BCUT2D eigenvalue weighted by Gasteiger charge is -2.10. The van der Waals surface area contributed by atoms with Crippen LogP contribution in [0.15, 0.2) is 64.3 Å². The van der Waals surface area contributed by atoms with Gasteiger partial charge in [0.2, 0.25) is 0 Å². The molecule has 0 radical (unpaired) electrons. The quantitative estimate of drug-likeness (QED) is 0.624. The number of carbonyl (C=O) groups excluding carboxylic acids is 1. The number of aromatic nitrogens is 1. The Kier molecular flexibility index (Phi) is 5.33. The van der Waals surface area contributed by atoms with E-state index in [4.69, 9.17) is 11.6 Å². The molecule has 3 nitrogen and oxygen atoms in total. The number of para-hydroxylation sites is 1. The third-order valence-corrected chi connectivity index (χ3v) is 5.18. The molecule has 23 heavy (non-hydrogen) atoms. The van der Waals surface area contributed by atoms with Crippen molar-refractivity contribution in [2.24, 2.45) is 0 Å². The summed E-state index contributed by atoms with van der Waals surface area (Å²) in [5.41, 5.74) is 4.07. The maximum absolute atomic E-state index is 12.6. The Morgan fingerprint density at radius 1 is 1.17 bits per heavy atom. The highest BCUT2D eigenvalue weighted by Gasteiger charge is 2.13. The molecule has 1 amide bonds. The molecule has 0 aliphatic rings. The number of amides is 1. The van der Waals surface area contributed by atoms with Gasteiger partial charge in [-0.15, -0.1) is 23.1 Å². The summed E-state index contributed by atoms with van der Waals surface area (Å²) >= 11 is 9.27. The average molecular weight is 361 g/mol. The number of thioether (sulfide) groups is 1. The largest absolute Gasteiger partial charge is 0.321 e. The molecule has 1 aromatic heterocycles. The Hall–Kier alpha value is -1.82. The minimum atomic E-state index is -0.167. The summed E-state index contributed by atoms with van der Waals surface area (Å²) in [4.78, 5) is 17.7. The second kappa shape index (κ2) is 7.64. The van der Waals surface area contributed by atoms with Gasteiger partial charge in [-0.2, -0.15) is 0 Å². The Labute approximate surface area is 147 Å². The van der Waals surface area contributed by atoms with Crippen molar-refractivity contribution in [3.63, 3.8) is 0 Å². The molecule has 0 atom stereocenters. The number of anilines is 1. The number of halogens is 1. The van der Waals surface area contributed by atoms with Crippen molar-refractivity contribution in [3.8, 4) is 0 Å². The van der Waals surface area contributed by atoms with Gasteiger partial charge in [-0.05, 0) is 24.3 Å². The highest BCUT2D eigenvalue weighted by atomic mass is 35.5. The van der Waals surface area contributed by atoms with Crippen LogP contribution in [-0.2, 0) is 5.75 Å². The van der Waals surface area contributed by atoms with Crippen LogP contribution in [0.3, 0.4) is 0 Å². The zero-order valence-corrected chi connectivity index (χ0v) is 14.4. The zero-order valence-electron chi connectivity index (χ0n) is 12.0. The molecule has 3 aromatic rings. The maximum atomic E-state index is 12.6. The molecule has 0 unspecified atom stereocenters. The first kappa shape index (κ1) is 16.1.